The zero-order valence-corrected chi connectivity index (χ0v) is 23.0. The van der Waals surface area contributed by atoms with Crippen molar-refractivity contribution in [3.63, 3.8) is 0 Å². The molecule has 2 N–H and O–H groups in total. The molecule has 0 amide bonds. The van der Waals surface area contributed by atoms with E-state index in [9.17, 15) is 0 Å². The smallest absolute Gasteiger partial charge is 0.191 e. The van der Waals surface area contributed by atoms with E-state index in [1.54, 1.807) is 0 Å². The van der Waals surface area contributed by atoms with Gasteiger partial charge in [-0.05, 0) is 38.3 Å². The van der Waals surface area contributed by atoms with Crippen LogP contribution in [0.4, 0.5) is 0 Å². The summed E-state index contributed by atoms with van der Waals surface area (Å²) in [5.41, 5.74) is 4.75. The molecule has 0 bridgehead atoms. The van der Waals surface area contributed by atoms with Gasteiger partial charge in [0.25, 0.3) is 0 Å². The minimum atomic E-state index is 0. The molecule has 0 spiro atoms. The molecule has 7 nitrogen and oxygen atoms in total. The number of benzene rings is 1. The molecule has 2 heterocycles. The highest BCUT2D eigenvalue weighted by Crippen LogP contribution is 2.18. The van der Waals surface area contributed by atoms with Gasteiger partial charge in [-0.15, -0.1) is 24.0 Å². The Labute approximate surface area is 215 Å². The summed E-state index contributed by atoms with van der Waals surface area (Å²) in [7, 11) is 0. The zero-order valence-electron chi connectivity index (χ0n) is 20.7. The van der Waals surface area contributed by atoms with Gasteiger partial charge in [0.1, 0.15) is 5.76 Å². The summed E-state index contributed by atoms with van der Waals surface area (Å²) >= 11 is 0. The summed E-state index contributed by atoms with van der Waals surface area (Å²) in [6, 6.07) is 8.61. The van der Waals surface area contributed by atoms with Crippen LogP contribution in [0.2, 0.25) is 0 Å². The molecule has 184 valence electrons. The lowest BCUT2D eigenvalue weighted by Gasteiger charge is -2.35. The van der Waals surface area contributed by atoms with Crippen LogP contribution < -0.4 is 10.6 Å². The maximum absolute atomic E-state index is 5.89. The molecule has 0 radical (unpaired) electrons. The zero-order chi connectivity index (χ0) is 22.9. The second-order valence-electron chi connectivity index (χ2n) is 8.51. The number of nitrogens with one attached hydrogen (secondary N) is 2. The lowest BCUT2D eigenvalue weighted by molar-refractivity contribution is -0.0705. The number of rotatable bonds is 9. The third kappa shape index (κ3) is 7.96. The van der Waals surface area contributed by atoms with Crippen molar-refractivity contribution in [2.24, 2.45) is 4.99 Å². The van der Waals surface area contributed by atoms with E-state index in [4.69, 9.17) is 14.3 Å². The molecule has 0 saturated carbocycles. The molecule has 8 heteroatoms. The number of aromatic nitrogens is 1. The second kappa shape index (κ2) is 13.9. The van der Waals surface area contributed by atoms with Gasteiger partial charge in [0.05, 0.1) is 24.4 Å². The summed E-state index contributed by atoms with van der Waals surface area (Å²) < 4.78 is 11.4. The Morgan fingerprint density at radius 2 is 1.76 bits per heavy atom. The van der Waals surface area contributed by atoms with E-state index in [1.165, 1.54) is 11.1 Å². The highest BCUT2D eigenvalue weighted by atomic mass is 127. The van der Waals surface area contributed by atoms with E-state index >= 15 is 0 Å². The van der Waals surface area contributed by atoms with Crippen molar-refractivity contribution < 1.29 is 9.26 Å². The predicted molar refractivity (Wildman–Crippen MR) is 144 cm³/mol. The van der Waals surface area contributed by atoms with Crippen LogP contribution >= 0.6 is 24.0 Å². The van der Waals surface area contributed by atoms with Crippen molar-refractivity contribution in [3.05, 3.63) is 52.4 Å². The number of guanidine groups is 1. The molecule has 1 aliphatic rings. The third-order valence-corrected chi connectivity index (χ3v) is 5.80. The monoisotopic (exact) mass is 569 g/mol. The Kier molecular flexibility index (Phi) is 11.6. The number of nitrogens with zero attached hydrogens (tertiary/aromatic N) is 3. The maximum atomic E-state index is 5.89. The molecule has 33 heavy (non-hydrogen) atoms. The lowest BCUT2D eigenvalue weighted by atomic mass is 10.1. The van der Waals surface area contributed by atoms with Gasteiger partial charge in [0.15, 0.2) is 5.96 Å². The van der Waals surface area contributed by atoms with Crippen LogP contribution in [0, 0.1) is 0 Å². The Bertz CT molecular complexity index is 854. The summed E-state index contributed by atoms with van der Waals surface area (Å²) in [5.74, 6) is 1.76. The molecule has 2 atom stereocenters. The van der Waals surface area contributed by atoms with Crippen LogP contribution in [0.3, 0.4) is 0 Å². The van der Waals surface area contributed by atoms with Crippen molar-refractivity contribution in [3.8, 4) is 0 Å². The number of aryl methyl sites for hydroxylation is 2. The molecule has 1 fully saturated rings. The van der Waals surface area contributed by atoms with Crippen LogP contribution in [-0.2, 0) is 37.2 Å². The highest BCUT2D eigenvalue weighted by molar-refractivity contribution is 14.0. The van der Waals surface area contributed by atoms with Crippen molar-refractivity contribution in [2.45, 2.75) is 79.3 Å². The number of hydrogen-bond acceptors (Lipinski definition) is 5. The Morgan fingerprint density at radius 3 is 2.39 bits per heavy atom. The van der Waals surface area contributed by atoms with Crippen LogP contribution in [0.25, 0.3) is 0 Å². The van der Waals surface area contributed by atoms with E-state index in [2.05, 4.69) is 79.6 Å². The molecule has 2 aromatic rings. The average molecular weight is 570 g/mol. The molecule has 3 rings (SSSR count). The number of halogens is 1. The molecule has 2 unspecified atom stereocenters. The lowest BCUT2D eigenvalue weighted by Crippen LogP contribution is -2.44. The van der Waals surface area contributed by atoms with Gasteiger partial charge in [-0.25, -0.2) is 4.99 Å². The van der Waals surface area contributed by atoms with E-state index in [0.717, 1.165) is 62.0 Å². The van der Waals surface area contributed by atoms with Crippen LogP contribution in [0.5, 0.6) is 0 Å². The van der Waals surface area contributed by atoms with Gasteiger partial charge in [-0.2, -0.15) is 0 Å². The maximum Gasteiger partial charge on any atom is 0.191 e. The van der Waals surface area contributed by atoms with Crippen LogP contribution in [0.1, 0.15) is 62.8 Å². The summed E-state index contributed by atoms with van der Waals surface area (Å²) in [6.45, 7) is 15.5. The van der Waals surface area contributed by atoms with E-state index in [0.29, 0.717) is 13.1 Å². The number of ether oxygens (including phenoxy) is 1. The molecule has 1 aliphatic heterocycles. The summed E-state index contributed by atoms with van der Waals surface area (Å²) in [5, 5.41) is 11.0. The quantitative estimate of drug-likeness (QED) is 0.267. The van der Waals surface area contributed by atoms with Gasteiger partial charge in [0.2, 0.25) is 0 Å². The Hall–Kier alpha value is -1.65. The SMILES string of the molecule is CCNC(=NCc1ccccc1CN1CC(C)OC(C)C1)NCc1c(CC)noc1CC.I. The largest absolute Gasteiger partial charge is 0.373 e. The number of morpholine rings is 1. The van der Waals surface area contributed by atoms with E-state index in [1.807, 2.05) is 0 Å². The fourth-order valence-electron chi connectivity index (χ4n) is 4.34. The molecular weight excluding hydrogens is 529 g/mol. The normalized spacial score (nSPS) is 19.2. The minimum absolute atomic E-state index is 0. The first-order valence-corrected chi connectivity index (χ1v) is 12.0. The molecule has 1 aromatic carbocycles. The first-order valence-electron chi connectivity index (χ1n) is 12.0. The van der Waals surface area contributed by atoms with Crippen LogP contribution in [0.15, 0.2) is 33.8 Å². The minimum Gasteiger partial charge on any atom is -0.373 e. The standard InChI is InChI=1S/C25H39N5O2.HI/c1-6-23-22(24(7-2)32-29-23)14-28-25(26-8-3)27-13-20-11-9-10-12-21(20)17-30-15-18(4)31-19(5)16-30;/h9-12,18-19H,6-8,13-17H2,1-5H3,(H2,26,27,28);1H. The number of aliphatic imine (C=N–C) groups is 1. The summed E-state index contributed by atoms with van der Waals surface area (Å²) in [6.07, 6.45) is 2.24. The van der Waals surface area contributed by atoms with Crippen molar-refractivity contribution >= 4 is 29.9 Å². The molecule has 1 saturated heterocycles. The van der Waals surface area contributed by atoms with E-state index in [-0.39, 0.29) is 36.2 Å². The predicted octanol–water partition coefficient (Wildman–Crippen LogP) is 4.28. The summed E-state index contributed by atoms with van der Waals surface area (Å²) in [4.78, 5) is 7.36. The fourth-order valence-corrected chi connectivity index (χ4v) is 4.34. The van der Waals surface area contributed by atoms with Gasteiger partial charge < -0.3 is 19.9 Å². The Balaban J connectivity index is 0.00000385. The van der Waals surface area contributed by atoms with Gasteiger partial charge in [-0.3, -0.25) is 4.90 Å². The first kappa shape index (κ1) is 27.6. The first-order chi connectivity index (χ1) is 15.5. The van der Waals surface area contributed by atoms with Crippen LogP contribution in [-0.4, -0.2) is 47.9 Å². The topological polar surface area (TPSA) is 74.9 Å². The molecule has 0 aliphatic carbocycles. The van der Waals surface area contributed by atoms with Gasteiger partial charge in [0, 0.05) is 44.7 Å². The third-order valence-electron chi connectivity index (χ3n) is 5.80. The van der Waals surface area contributed by atoms with Gasteiger partial charge in [-0.1, -0.05) is 43.3 Å². The highest BCUT2D eigenvalue weighted by Gasteiger charge is 2.22. The Morgan fingerprint density at radius 1 is 1.06 bits per heavy atom. The van der Waals surface area contributed by atoms with Crippen molar-refractivity contribution in [1.82, 2.24) is 20.7 Å². The number of hydrogen-bond donors (Lipinski definition) is 2. The van der Waals surface area contributed by atoms with E-state index < -0.39 is 0 Å². The molecule has 1 aromatic heterocycles. The average Bonchev–Trinajstić information content (AvgIpc) is 3.18. The van der Waals surface area contributed by atoms with Crippen molar-refractivity contribution in [2.75, 3.05) is 19.6 Å². The second-order valence-corrected chi connectivity index (χ2v) is 8.51. The van der Waals surface area contributed by atoms with Gasteiger partial charge >= 0.3 is 0 Å². The molecular formula is C25H40IN5O2. The fraction of sp³-hybridized carbons (Fsp3) is 0.600. The van der Waals surface area contributed by atoms with Crippen molar-refractivity contribution in [1.29, 1.82) is 0 Å².